The molecule has 1 aliphatic rings. The van der Waals surface area contributed by atoms with E-state index in [-0.39, 0.29) is 12.1 Å². The highest BCUT2D eigenvalue weighted by Gasteiger charge is 2.30. The first-order valence-corrected chi connectivity index (χ1v) is 6.92. The molecule has 2 rings (SSSR count). The summed E-state index contributed by atoms with van der Waals surface area (Å²) in [6.07, 6.45) is 4.19. The summed E-state index contributed by atoms with van der Waals surface area (Å²) in [5, 5.41) is 0. The molecule has 0 bridgehead atoms. The standard InChI is InChI=1S/C15H22N2O2/c1-17(14-10-6-5-7-12(14)11-16)15(18)19-13-8-3-2-4-9-13/h2-4,8-9,12,14H,5-7,10-11,16H2,1H3. The highest BCUT2D eigenvalue weighted by atomic mass is 16.6. The van der Waals surface area contributed by atoms with E-state index in [1.54, 1.807) is 17.0 Å². The van der Waals surface area contributed by atoms with Gasteiger partial charge in [0, 0.05) is 13.1 Å². The average molecular weight is 262 g/mol. The van der Waals surface area contributed by atoms with Gasteiger partial charge in [-0.1, -0.05) is 31.0 Å². The number of hydrogen-bond acceptors (Lipinski definition) is 3. The maximum absolute atomic E-state index is 12.1. The number of nitrogens with zero attached hydrogens (tertiary/aromatic N) is 1. The first-order valence-electron chi connectivity index (χ1n) is 6.92. The summed E-state index contributed by atoms with van der Waals surface area (Å²) < 4.78 is 5.37. The van der Waals surface area contributed by atoms with Crippen molar-refractivity contribution in [2.24, 2.45) is 11.7 Å². The van der Waals surface area contributed by atoms with Gasteiger partial charge < -0.3 is 15.4 Å². The van der Waals surface area contributed by atoms with Crippen LogP contribution in [0, 0.1) is 5.92 Å². The lowest BCUT2D eigenvalue weighted by Gasteiger charge is -2.36. The molecule has 1 aromatic carbocycles. The molecule has 0 heterocycles. The first-order chi connectivity index (χ1) is 9.22. The van der Waals surface area contributed by atoms with Gasteiger partial charge in [-0.2, -0.15) is 0 Å². The van der Waals surface area contributed by atoms with Gasteiger partial charge in [-0.3, -0.25) is 0 Å². The van der Waals surface area contributed by atoms with Crippen molar-refractivity contribution in [2.75, 3.05) is 13.6 Å². The summed E-state index contributed by atoms with van der Waals surface area (Å²) in [5.41, 5.74) is 5.81. The third-order valence-electron chi connectivity index (χ3n) is 3.91. The topological polar surface area (TPSA) is 55.6 Å². The highest BCUT2D eigenvalue weighted by Crippen LogP contribution is 2.27. The smallest absolute Gasteiger partial charge is 0.410 e. The Kier molecular flexibility index (Phi) is 4.80. The second kappa shape index (κ2) is 6.57. The van der Waals surface area contributed by atoms with Gasteiger partial charge in [-0.25, -0.2) is 4.79 Å². The van der Waals surface area contributed by atoms with E-state index in [9.17, 15) is 4.79 Å². The van der Waals surface area contributed by atoms with Crippen LogP contribution >= 0.6 is 0 Å². The fraction of sp³-hybridized carbons (Fsp3) is 0.533. The van der Waals surface area contributed by atoms with Gasteiger partial charge in [-0.15, -0.1) is 0 Å². The number of rotatable bonds is 3. The second-order valence-electron chi connectivity index (χ2n) is 5.14. The van der Waals surface area contributed by atoms with Gasteiger partial charge in [0.25, 0.3) is 0 Å². The van der Waals surface area contributed by atoms with E-state index in [2.05, 4.69) is 0 Å². The fourth-order valence-electron chi connectivity index (χ4n) is 2.77. The summed E-state index contributed by atoms with van der Waals surface area (Å²) in [6.45, 7) is 0.633. The number of para-hydroxylation sites is 1. The van der Waals surface area contributed by atoms with E-state index in [0.717, 1.165) is 19.3 Å². The molecular formula is C15H22N2O2. The summed E-state index contributed by atoms with van der Waals surface area (Å²) in [6, 6.07) is 9.37. The van der Waals surface area contributed by atoms with Gasteiger partial charge in [0.1, 0.15) is 5.75 Å². The van der Waals surface area contributed by atoms with Crippen LogP contribution in [-0.4, -0.2) is 30.6 Å². The van der Waals surface area contributed by atoms with Crippen LogP contribution in [0.25, 0.3) is 0 Å². The number of ether oxygens (including phenoxy) is 1. The van der Waals surface area contributed by atoms with Crippen LogP contribution in [0.5, 0.6) is 5.75 Å². The Balaban J connectivity index is 1.98. The van der Waals surface area contributed by atoms with Crippen molar-refractivity contribution in [3.63, 3.8) is 0 Å². The number of nitrogens with two attached hydrogens (primary N) is 1. The van der Waals surface area contributed by atoms with Crippen molar-refractivity contribution in [2.45, 2.75) is 31.7 Å². The van der Waals surface area contributed by atoms with Gasteiger partial charge in [-0.05, 0) is 37.4 Å². The van der Waals surface area contributed by atoms with Crippen LogP contribution in [0.1, 0.15) is 25.7 Å². The molecule has 2 N–H and O–H groups in total. The van der Waals surface area contributed by atoms with E-state index in [4.69, 9.17) is 10.5 Å². The van der Waals surface area contributed by atoms with Gasteiger partial charge in [0.2, 0.25) is 0 Å². The number of amides is 1. The highest BCUT2D eigenvalue weighted by molar-refractivity contribution is 5.70. The number of benzene rings is 1. The summed E-state index contributed by atoms with van der Waals surface area (Å²) >= 11 is 0. The third kappa shape index (κ3) is 3.47. The minimum atomic E-state index is -0.295. The van der Waals surface area contributed by atoms with Crippen LogP contribution in [-0.2, 0) is 0 Å². The number of carbonyl (C=O) groups excluding carboxylic acids is 1. The summed E-state index contributed by atoms with van der Waals surface area (Å²) in [5.74, 6) is 0.974. The van der Waals surface area contributed by atoms with E-state index < -0.39 is 0 Å². The lowest BCUT2D eigenvalue weighted by molar-refractivity contribution is 0.109. The predicted octanol–water partition coefficient (Wildman–Crippen LogP) is 2.63. The predicted molar refractivity (Wildman–Crippen MR) is 75.0 cm³/mol. The molecule has 4 heteroatoms. The van der Waals surface area contributed by atoms with E-state index in [0.29, 0.717) is 18.2 Å². The van der Waals surface area contributed by atoms with Crippen molar-refractivity contribution >= 4 is 6.09 Å². The number of carbonyl (C=O) groups is 1. The van der Waals surface area contributed by atoms with Gasteiger partial charge in [0.15, 0.2) is 0 Å². The normalized spacial score (nSPS) is 22.8. The van der Waals surface area contributed by atoms with Crippen molar-refractivity contribution in [1.82, 2.24) is 4.90 Å². The minimum absolute atomic E-state index is 0.204. The molecule has 1 amide bonds. The molecule has 2 atom stereocenters. The van der Waals surface area contributed by atoms with Crippen molar-refractivity contribution in [1.29, 1.82) is 0 Å². The van der Waals surface area contributed by atoms with Gasteiger partial charge >= 0.3 is 6.09 Å². The molecule has 1 fully saturated rings. The Bertz CT molecular complexity index is 408. The molecule has 4 nitrogen and oxygen atoms in total. The Labute approximate surface area is 114 Å². The molecule has 1 aromatic rings. The van der Waals surface area contributed by atoms with Gasteiger partial charge in [0.05, 0.1) is 0 Å². The van der Waals surface area contributed by atoms with Crippen LogP contribution in [0.15, 0.2) is 30.3 Å². The Morgan fingerprint density at radius 1 is 1.32 bits per heavy atom. The molecular weight excluding hydrogens is 240 g/mol. The molecule has 104 valence electrons. The Hall–Kier alpha value is -1.55. The largest absolute Gasteiger partial charge is 0.415 e. The average Bonchev–Trinajstić information content (AvgIpc) is 2.47. The zero-order chi connectivity index (χ0) is 13.7. The maximum atomic E-state index is 12.1. The molecule has 0 aromatic heterocycles. The molecule has 19 heavy (non-hydrogen) atoms. The second-order valence-corrected chi connectivity index (χ2v) is 5.14. The van der Waals surface area contributed by atoms with E-state index in [1.807, 2.05) is 25.2 Å². The van der Waals surface area contributed by atoms with Crippen LogP contribution in [0.2, 0.25) is 0 Å². The minimum Gasteiger partial charge on any atom is -0.410 e. The molecule has 2 unspecified atom stereocenters. The van der Waals surface area contributed by atoms with Crippen LogP contribution < -0.4 is 10.5 Å². The zero-order valence-corrected chi connectivity index (χ0v) is 11.4. The molecule has 1 saturated carbocycles. The Morgan fingerprint density at radius 3 is 2.68 bits per heavy atom. The number of hydrogen-bond donors (Lipinski definition) is 1. The quantitative estimate of drug-likeness (QED) is 0.911. The molecule has 1 aliphatic carbocycles. The Morgan fingerprint density at radius 2 is 2.00 bits per heavy atom. The zero-order valence-electron chi connectivity index (χ0n) is 11.4. The molecule has 0 aliphatic heterocycles. The monoisotopic (exact) mass is 262 g/mol. The summed E-state index contributed by atoms with van der Waals surface area (Å²) in [7, 11) is 1.81. The molecule has 0 spiro atoms. The SMILES string of the molecule is CN(C(=O)Oc1ccccc1)C1CCCCC1CN. The molecule has 0 saturated heterocycles. The van der Waals surface area contributed by atoms with E-state index >= 15 is 0 Å². The fourth-order valence-corrected chi connectivity index (χ4v) is 2.77. The van der Waals surface area contributed by atoms with Crippen LogP contribution in [0.3, 0.4) is 0 Å². The van der Waals surface area contributed by atoms with E-state index in [1.165, 1.54) is 6.42 Å². The van der Waals surface area contributed by atoms with Crippen molar-refractivity contribution in [3.05, 3.63) is 30.3 Å². The first kappa shape index (κ1) is 13.9. The summed E-state index contributed by atoms with van der Waals surface area (Å²) in [4.78, 5) is 13.8. The molecule has 0 radical (unpaired) electrons. The maximum Gasteiger partial charge on any atom is 0.415 e. The third-order valence-corrected chi connectivity index (χ3v) is 3.91. The van der Waals surface area contributed by atoms with Crippen molar-refractivity contribution in [3.8, 4) is 5.75 Å². The lowest BCUT2D eigenvalue weighted by Crippen LogP contribution is -2.46. The lowest BCUT2D eigenvalue weighted by atomic mass is 9.84. The van der Waals surface area contributed by atoms with Crippen molar-refractivity contribution < 1.29 is 9.53 Å². The van der Waals surface area contributed by atoms with Crippen LogP contribution in [0.4, 0.5) is 4.79 Å².